The van der Waals surface area contributed by atoms with Crippen molar-refractivity contribution in [3.8, 4) is 0 Å². The number of piperazine rings is 1. The third-order valence-electron chi connectivity index (χ3n) is 6.81. The van der Waals surface area contributed by atoms with E-state index < -0.39 is 0 Å². The summed E-state index contributed by atoms with van der Waals surface area (Å²) in [4.78, 5) is 37.5. The predicted molar refractivity (Wildman–Crippen MR) is 131 cm³/mol. The number of fused-ring (bicyclic) bond motifs is 1. The van der Waals surface area contributed by atoms with Gasteiger partial charge in [0.2, 0.25) is 5.91 Å². The smallest absolute Gasteiger partial charge is 0.254 e. The molecule has 33 heavy (non-hydrogen) atoms. The summed E-state index contributed by atoms with van der Waals surface area (Å²) in [6, 6.07) is 13.9. The van der Waals surface area contributed by atoms with Crippen LogP contribution in [0.1, 0.15) is 33.9 Å². The largest absolute Gasteiger partial charge is 0.340 e. The lowest BCUT2D eigenvalue weighted by Crippen LogP contribution is -2.52. The minimum absolute atomic E-state index is 0.0349. The second kappa shape index (κ2) is 9.61. The first kappa shape index (κ1) is 22.0. The van der Waals surface area contributed by atoms with Gasteiger partial charge >= 0.3 is 0 Å². The first-order chi connectivity index (χ1) is 16.1. The van der Waals surface area contributed by atoms with Gasteiger partial charge in [0.15, 0.2) is 0 Å². The van der Waals surface area contributed by atoms with Crippen molar-refractivity contribution < 1.29 is 9.59 Å². The summed E-state index contributed by atoms with van der Waals surface area (Å²) >= 11 is 1.68. The van der Waals surface area contributed by atoms with Gasteiger partial charge in [-0.2, -0.15) is 0 Å². The van der Waals surface area contributed by atoms with E-state index in [0.717, 1.165) is 72.6 Å². The van der Waals surface area contributed by atoms with Gasteiger partial charge in [0, 0.05) is 56.8 Å². The zero-order chi connectivity index (χ0) is 22.8. The van der Waals surface area contributed by atoms with Crippen LogP contribution in [0.25, 0.3) is 10.8 Å². The van der Waals surface area contributed by atoms with E-state index in [1.54, 1.807) is 11.3 Å². The van der Waals surface area contributed by atoms with Crippen LogP contribution < -0.4 is 0 Å². The van der Waals surface area contributed by atoms with Crippen LogP contribution in [0, 0.1) is 12.8 Å². The first-order valence-electron chi connectivity index (χ1n) is 11.8. The van der Waals surface area contributed by atoms with E-state index in [1.807, 2.05) is 59.2 Å². The van der Waals surface area contributed by atoms with Crippen molar-refractivity contribution in [1.82, 2.24) is 19.7 Å². The highest BCUT2D eigenvalue weighted by Gasteiger charge is 2.33. The number of aromatic nitrogens is 1. The maximum Gasteiger partial charge on any atom is 0.254 e. The molecule has 1 aromatic heterocycles. The molecule has 1 atom stereocenters. The maximum absolute atomic E-state index is 13.4. The number of hydrogen-bond donors (Lipinski definition) is 0. The number of aryl methyl sites for hydroxylation is 1. The van der Waals surface area contributed by atoms with Gasteiger partial charge in [-0.05, 0) is 36.6 Å². The molecule has 0 radical (unpaired) electrons. The van der Waals surface area contributed by atoms with E-state index in [0.29, 0.717) is 13.1 Å². The molecule has 6 nitrogen and oxygen atoms in total. The number of piperidine rings is 1. The number of carbonyl (C=O) groups is 2. The van der Waals surface area contributed by atoms with Gasteiger partial charge in [0.25, 0.3) is 5.91 Å². The molecule has 2 aliphatic rings. The third kappa shape index (κ3) is 4.80. The van der Waals surface area contributed by atoms with E-state index in [4.69, 9.17) is 0 Å². The molecule has 0 N–H and O–H groups in total. The Kier molecular flexibility index (Phi) is 6.42. The van der Waals surface area contributed by atoms with Crippen LogP contribution in [0.15, 0.2) is 47.8 Å². The van der Waals surface area contributed by atoms with Crippen LogP contribution in [0.2, 0.25) is 0 Å². The van der Waals surface area contributed by atoms with E-state index >= 15 is 0 Å². The van der Waals surface area contributed by atoms with Crippen LogP contribution in [0.4, 0.5) is 0 Å². The standard InChI is InChI=1S/C26H30N4O2S/c1-19-27-22(18-33-19)17-28-12-14-29(15-13-28)25(31)21-8-5-11-30(16-21)26(32)24-10-4-7-20-6-2-3-9-23(20)24/h2-4,6-7,9-10,18,21H,5,8,11-17H2,1H3/t21-/m1/s1. The summed E-state index contributed by atoms with van der Waals surface area (Å²) < 4.78 is 0. The zero-order valence-electron chi connectivity index (χ0n) is 19.1. The Labute approximate surface area is 198 Å². The molecule has 0 bridgehead atoms. The highest BCUT2D eigenvalue weighted by molar-refractivity contribution is 7.09. The van der Waals surface area contributed by atoms with E-state index in [-0.39, 0.29) is 17.7 Å². The summed E-state index contributed by atoms with van der Waals surface area (Å²) in [5, 5.41) is 5.26. The highest BCUT2D eigenvalue weighted by atomic mass is 32.1. The van der Waals surface area contributed by atoms with E-state index in [9.17, 15) is 9.59 Å². The first-order valence-corrected chi connectivity index (χ1v) is 12.7. The summed E-state index contributed by atoms with van der Waals surface area (Å²) in [5.41, 5.74) is 1.85. The molecule has 2 amide bonds. The highest BCUT2D eigenvalue weighted by Crippen LogP contribution is 2.25. The molecule has 3 heterocycles. The molecule has 5 rings (SSSR count). The van der Waals surface area contributed by atoms with Crippen molar-refractivity contribution in [2.24, 2.45) is 5.92 Å². The van der Waals surface area contributed by atoms with Crippen molar-refractivity contribution in [3.63, 3.8) is 0 Å². The van der Waals surface area contributed by atoms with E-state index in [1.165, 1.54) is 0 Å². The second-order valence-corrected chi connectivity index (χ2v) is 10.1. The molecule has 2 fully saturated rings. The Morgan fingerprint density at radius 3 is 2.58 bits per heavy atom. The van der Waals surface area contributed by atoms with Crippen molar-refractivity contribution in [2.45, 2.75) is 26.3 Å². The third-order valence-corrected chi connectivity index (χ3v) is 7.64. The van der Waals surface area contributed by atoms with Crippen molar-refractivity contribution in [1.29, 1.82) is 0 Å². The van der Waals surface area contributed by atoms with Gasteiger partial charge in [-0.15, -0.1) is 11.3 Å². The predicted octanol–water partition coefficient (Wildman–Crippen LogP) is 3.80. The van der Waals surface area contributed by atoms with Crippen LogP contribution in [-0.2, 0) is 11.3 Å². The van der Waals surface area contributed by atoms with Gasteiger partial charge in [0.1, 0.15) is 0 Å². The SMILES string of the molecule is Cc1nc(CN2CCN(C(=O)[C@@H]3CCCN(C(=O)c4cccc5ccccc45)C3)CC2)cs1. The van der Waals surface area contributed by atoms with Crippen LogP contribution in [0.5, 0.6) is 0 Å². The average molecular weight is 463 g/mol. The lowest BCUT2D eigenvalue weighted by Gasteiger charge is -2.39. The summed E-state index contributed by atoms with van der Waals surface area (Å²) in [5.74, 6) is 0.132. The molecular weight excluding hydrogens is 432 g/mol. The number of hydrogen-bond acceptors (Lipinski definition) is 5. The minimum atomic E-state index is -0.106. The summed E-state index contributed by atoms with van der Waals surface area (Å²) in [6.07, 6.45) is 1.73. The number of amides is 2. The lowest BCUT2D eigenvalue weighted by atomic mass is 9.95. The summed E-state index contributed by atoms with van der Waals surface area (Å²) in [6.45, 7) is 7.34. The Balaban J connectivity index is 1.20. The minimum Gasteiger partial charge on any atom is -0.340 e. The monoisotopic (exact) mass is 462 g/mol. The van der Waals surface area contributed by atoms with Gasteiger partial charge in [-0.3, -0.25) is 14.5 Å². The molecule has 0 saturated carbocycles. The molecular formula is C26H30N4O2S. The van der Waals surface area contributed by atoms with Crippen molar-refractivity contribution in [3.05, 3.63) is 64.1 Å². The number of rotatable bonds is 4. The molecule has 0 spiro atoms. The quantitative estimate of drug-likeness (QED) is 0.592. The lowest BCUT2D eigenvalue weighted by molar-refractivity contribution is -0.138. The second-order valence-electron chi connectivity index (χ2n) is 9.08. The van der Waals surface area contributed by atoms with Gasteiger partial charge in [-0.25, -0.2) is 4.98 Å². The Morgan fingerprint density at radius 1 is 1.00 bits per heavy atom. The Morgan fingerprint density at radius 2 is 1.79 bits per heavy atom. The molecule has 0 unspecified atom stereocenters. The fourth-order valence-corrected chi connectivity index (χ4v) is 5.64. The average Bonchev–Trinajstić information content (AvgIpc) is 3.27. The molecule has 0 aliphatic carbocycles. The van der Waals surface area contributed by atoms with E-state index in [2.05, 4.69) is 15.3 Å². The molecule has 2 aromatic carbocycles. The van der Waals surface area contributed by atoms with Crippen LogP contribution in [-0.4, -0.2) is 70.8 Å². The number of benzene rings is 2. The molecule has 3 aromatic rings. The van der Waals surface area contributed by atoms with Crippen LogP contribution in [0.3, 0.4) is 0 Å². The molecule has 2 saturated heterocycles. The van der Waals surface area contributed by atoms with Gasteiger partial charge < -0.3 is 9.80 Å². The zero-order valence-corrected chi connectivity index (χ0v) is 19.9. The number of thiazole rings is 1. The maximum atomic E-state index is 13.4. The number of nitrogens with zero attached hydrogens (tertiary/aromatic N) is 4. The molecule has 2 aliphatic heterocycles. The topological polar surface area (TPSA) is 56.8 Å². The number of likely N-dealkylation sites (tertiary alicyclic amines) is 1. The normalized spacial score (nSPS) is 19.7. The van der Waals surface area contributed by atoms with Gasteiger partial charge in [0.05, 0.1) is 16.6 Å². The fraction of sp³-hybridized carbons (Fsp3) is 0.423. The Bertz CT molecular complexity index is 1150. The molecule has 7 heteroatoms. The van der Waals surface area contributed by atoms with Gasteiger partial charge in [-0.1, -0.05) is 36.4 Å². The van der Waals surface area contributed by atoms with Crippen molar-refractivity contribution >= 4 is 33.9 Å². The fourth-order valence-electron chi connectivity index (χ4n) is 5.04. The number of carbonyl (C=O) groups excluding carboxylic acids is 2. The van der Waals surface area contributed by atoms with Crippen LogP contribution >= 0.6 is 11.3 Å². The molecule has 172 valence electrons. The van der Waals surface area contributed by atoms with Crippen molar-refractivity contribution in [2.75, 3.05) is 39.3 Å². The summed E-state index contributed by atoms with van der Waals surface area (Å²) in [7, 11) is 0. The Hall–Kier alpha value is -2.77.